The summed E-state index contributed by atoms with van der Waals surface area (Å²) < 4.78 is 45.4. The van der Waals surface area contributed by atoms with Gasteiger partial charge in [0.1, 0.15) is 24.9 Å². The zero-order chi connectivity index (χ0) is 31.7. The summed E-state index contributed by atoms with van der Waals surface area (Å²) in [7, 11) is 0. The van der Waals surface area contributed by atoms with Crippen molar-refractivity contribution >= 4 is 17.5 Å². The number of hydrogen-bond donors (Lipinski definition) is 0. The van der Waals surface area contributed by atoms with E-state index in [1.54, 1.807) is 12.1 Å². The van der Waals surface area contributed by atoms with Gasteiger partial charge in [-0.2, -0.15) is 0 Å². The number of piperidine rings is 1. The van der Waals surface area contributed by atoms with Crippen LogP contribution in [-0.2, 0) is 56.7 Å². The molecule has 2 aromatic heterocycles. The maximum Gasteiger partial charge on any atom is 0.293 e. The van der Waals surface area contributed by atoms with Crippen LogP contribution >= 0.6 is 0 Å². The van der Waals surface area contributed by atoms with E-state index in [1.807, 2.05) is 30.3 Å². The summed E-state index contributed by atoms with van der Waals surface area (Å²) in [6.07, 6.45) is 2.16. The Balaban J connectivity index is 0.965. The molecule has 0 bridgehead atoms. The number of benzene rings is 2. The molecule has 0 N–H and O–H groups in total. The number of fused-ring (bicyclic) bond motifs is 4. The Kier molecular flexibility index (Phi) is 8.62. The largest absolute Gasteiger partial charge is 0.473 e. The van der Waals surface area contributed by atoms with Crippen molar-refractivity contribution < 1.29 is 32.9 Å². The molecule has 246 valence electrons. The molecule has 8 rings (SSSR count). The summed E-state index contributed by atoms with van der Waals surface area (Å²) in [5.74, 6) is 2.05. The van der Waals surface area contributed by atoms with Gasteiger partial charge in [0.2, 0.25) is 5.88 Å². The van der Waals surface area contributed by atoms with Gasteiger partial charge < -0.3 is 28.3 Å². The zero-order valence-electron chi connectivity index (χ0n) is 26.3. The predicted octanol–water partition coefficient (Wildman–Crippen LogP) is 4.86. The van der Waals surface area contributed by atoms with Gasteiger partial charge in [0, 0.05) is 42.5 Å². The van der Waals surface area contributed by atoms with Crippen LogP contribution in [-0.4, -0.2) is 71.5 Å². The Bertz CT molecular complexity index is 1760. The Hall–Kier alpha value is -3.90. The maximum absolute atomic E-state index is 14.9. The Morgan fingerprint density at radius 1 is 1.00 bits per heavy atom. The molecule has 3 fully saturated rings. The van der Waals surface area contributed by atoms with E-state index in [4.69, 9.17) is 33.7 Å². The second kappa shape index (κ2) is 13.3. The predicted molar refractivity (Wildman–Crippen MR) is 169 cm³/mol. The van der Waals surface area contributed by atoms with Crippen molar-refractivity contribution in [1.29, 1.82) is 0 Å². The summed E-state index contributed by atoms with van der Waals surface area (Å²) in [4.78, 5) is 23.3. The first-order chi connectivity index (χ1) is 23.1. The minimum Gasteiger partial charge on any atom is -0.473 e. The van der Waals surface area contributed by atoms with E-state index >= 15 is 0 Å². The van der Waals surface area contributed by atoms with Crippen LogP contribution in [0.25, 0.3) is 11.0 Å². The van der Waals surface area contributed by atoms with E-state index in [0.29, 0.717) is 50.9 Å². The van der Waals surface area contributed by atoms with Crippen LogP contribution in [0.4, 0.5) is 4.39 Å². The summed E-state index contributed by atoms with van der Waals surface area (Å²) in [6, 6.07) is 15.3. The lowest BCUT2D eigenvalue weighted by molar-refractivity contribution is -0.129. The first-order valence-electron chi connectivity index (χ1n) is 16.5. The quantitative estimate of drug-likeness (QED) is 0.213. The number of halogens is 1. The first kappa shape index (κ1) is 30.4. The lowest BCUT2D eigenvalue weighted by Gasteiger charge is -2.37. The van der Waals surface area contributed by atoms with E-state index in [9.17, 15) is 9.18 Å². The van der Waals surface area contributed by atoms with E-state index in [2.05, 4.69) is 15.5 Å². The van der Waals surface area contributed by atoms with Crippen molar-refractivity contribution in [3.63, 3.8) is 0 Å². The number of hydrogen-bond acceptors (Lipinski definition) is 9. The third-order valence-corrected chi connectivity index (χ3v) is 10.1. The molecule has 11 heteroatoms. The van der Waals surface area contributed by atoms with Gasteiger partial charge in [0.15, 0.2) is 0 Å². The van der Waals surface area contributed by atoms with E-state index < -0.39 is 0 Å². The minimum atomic E-state index is -0.258. The SMILES string of the molecule is O=COCc1ccc2nc(CN3CC[C@H]4c5nc(OCc6ccc(C7COC7)cc6F)ccc5COC[C@H]4C3)n(C[C@@H]3CCO3)c2c1. The number of carbonyl (C=O) groups excluding carboxylic acids is 1. The lowest BCUT2D eigenvalue weighted by atomic mass is 9.82. The summed E-state index contributed by atoms with van der Waals surface area (Å²) in [6.45, 7) is 7.33. The van der Waals surface area contributed by atoms with Crippen LogP contribution in [0.5, 0.6) is 5.88 Å². The Labute approximate surface area is 272 Å². The molecule has 6 heterocycles. The maximum atomic E-state index is 14.9. The molecule has 0 spiro atoms. The monoisotopic (exact) mass is 642 g/mol. The normalized spacial score (nSPS) is 22.9. The third-order valence-electron chi connectivity index (χ3n) is 10.1. The minimum absolute atomic E-state index is 0.121. The number of nitrogens with zero attached hydrogens (tertiary/aromatic N) is 4. The molecule has 47 heavy (non-hydrogen) atoms. The standard InChI is InChI=1S/C36H39FN4O6/c37-31-12-24(28-19-44-20-28)2-3-25(31)21-47-35-6-4-26-17-43-18-27-13-40(9-7-30(27)36(26)39-35)15-34-38-32-5-1-23(16-45-22-42)11-33(32)41(34)14-29-8-10-46-29/h1-6,11-12,22,27-30H,7-10,13-21H2/t27-,29+,30-/m1/s1. The highest BCUT2D eigenvalue weighted by Crippen LogP contribution is 2.38. The average Bonchev–Trinajstić information content (AvgIpc) is 3.25. The van der Waals surface area contributed by atoms with Gasteiger partial charge in [0.05, 0.1) is 62.3 Å². The number of pyridine rings is 1. The second-order valence-corrected chi connectivity index (χ2v) is 13.1. The molecule has 0 unspecified atom stereocenters. The van der Waals surface area contributed by atoms with Crippen LogP contribution in [0, 0.1) is 11.7 Å². The number of rotatable bonds is 11. The zero-order valence-corrected chi connectivity index (χ0v) is 26.3. The fraction of sp³-hybridized carbons (Fsp3) is 0.472. The third kappa shape index (κ3) is 6.37. The highest BCUT2D eigenvalue weighted by atomic mass is 19.1. The molecule has 0 radical (unpaired) electrons. The van der Waals surface area contributed by atoms with Crippen LogP contribution in [0.15, 0.2) is 48.5 Å². The van der Waals surface area contributed by atoms with E-state index in [1.165, 1.54) is 0 Å². The van der Waals surface area contributed by atoms with Crippen LogP contribution in [0.2, 0.25) is 0 Å². The number of likely N-dealkylation sites (tertiary alicyclic amines) is 1. The van der Waals surface area contributed by atoms with Gasteiger partial charge in [-0.3, -0.25) is 9.69 Å². The fourth-order valence-electron chi connectivity index (χ4n) is 7.22. The van der Waals surface area contributed by atoms with Crippen LogP contribution < -0.4 is 4.74 Å². The van der Waals surface area contributed by atoms with Crippen LogP contribution in [0.3, 0.4) is 0 Å². The van der Waals surface area contributed by atoms with Gasteiger partial charge in [-0.25, -0.2) is 14.4 Å². The molecule has 0 saturated carbocycles. The van der Waals surface area contributed by atoms with Crippen molar-refractivity contribution in [2.24, 2.45) is 5.92 Å². The number of ether oxygens (including phenoxy) is 5. The van der Waals surface area contributed by atoms with E-state index in [0.717, 1.165) is 78.3 Å². The van der Waals surface area contributed by atoms with Crippen molar-refractivity contribution in [1.82, 2.24) is 19.4 Å². The molecule has 4 aliphatic rings. The van der Waals surface area contributed by atoms with Crippen molar-refractivity contribution in [2.45, 2.75) is 63.7 Å². The molecule has 0 amide bonds. The first-order valence-corrected chi connectivity index (χ1v) is 16.5. The summed E-state index contributed by atoms with van der Waals surface area (Å²) >= 11 is 0. The van der Waals surface area contributed by atoms with Crippen molar-refractivity contribution in [3.05, 3.63) is 88.1 Å². The highest BCUT2D eigenvalue weighted by molar-refractivity contribution is 5.77. The summed E-state index contributed by atoms with van der Waals surface area (Å²) in [5.41, 5.74) is 6.50. The van der Waals surface area contributed by atoms with E-state index in [-0.39, 0.29) is 42.9 Å². The second-order valence-electron chi connectivity index (χ2n) is 13.1. The molecular formula is C36H39FN4O6. The fourth-order valence-corrected chi connectivity index (χ4v) is 7.22. The van der Waals surface area contributed by atoms with Gasteiger partial charge in [-0.15, -0.1) is 0 Å². The Morgan fingerprint density at radius 3 is 2.70 bits per heavy atom. The van der Waals surface area contributed by atoms with Crippen LogP contribution in [0.1, 0.15) is 58.4 Å². The number of imidazole rings is 1. The average molecular weight is 643 g/mol. The molecule has 2 aromatic carbocycles. The molecule has 4 aromatic rings. The number of aromatic nitrogens is 3. The molecule has 4 aliphatic heterocycles. The van der Waals surface area contributed by atoms with Crippen molar-refractivity contribution in [3.8, 4) is 5.88 Å². The number of carbonyl (C=O) groups is 1. The molecule has 3 saturated heterocycles. The van der Waals surface area contributed by atoms with Gasteiger partial charge >= 0.3 is 0 Å². The highest BCUT2D eigenvalue weighted by Gasteiger charge is 2.36. The van der Waals surface area contributed by atoms with Gasteiger partial charge in [0.25, 0.3) is 6.47 Å². The molecule has 3 atom stereocenters. The van der Waals surface area contributed by atoms with Gasteiger partial charge in [-0.05, 0) is 60.3 Å². The topological polar surface area (TPSA) is 97.2 Å². The Morgan fingerprint density at radius 2 is 1.91 bits per heavy atom. The van der Waals surface area contributed by atoms with Gasteiger partial charge in [-0.1, -0.05) is 18.2 Å². The lowest BCUT2D eigenvalue weighted by Crippen LogP contribution is -2.41. The van der Waals surface area contributed by atoms with Crippen molar-refractivity contribution in [2.75, 3.05) is 39.5 Å². The molecular weight excluding hydrogens is 603 g/mol. The molecule has 0 aliphatic carbocycles. The molecule has 10 nitrogen and oxygen atoms in total. The smallest absolute Gasteiger partial charge is 0.293 e. The summed E-state index contributed by atoms with van der Waals surface area (Å²) in [5, 5.41) is 0.